The maximum Gasteiger partial charge on any atom is 0.207 e. The van der Waals surface area contributed by atoms with Gasteiger partial charge in [-0.3, -0.25) is 0 Å². The summed E-state index contributed by atoms with van der Waals surface area (Å²) in [4.78, 5) is 0. The van der Waals surface area contributed by atoms with Gasteiger partial charge in [-0.05, 0) is 30.3 Å². The summed E-state index contributed by atoms with van der Waals surface area (Å²) in [5, 5.41) is 4.10. The fraction of sp³-hybridized carbons (Fsp3) is 0.211. The number of halogens is 1. The number of hydrogen-bond donors (Lipinski definition) is 0. The van der Waals surface area contributed by atoms with Gasteiger partial charge in [-0.1, -0.05) is 5.16 Å². The number of rotatable bonds is 6. The molecular formula is C19H18FNO5. The van der Waals surface area contributed by atoms with Crippen LogP contribution in [0.25, 0.3) is 22.6 Å². The molecule has 0 aliphatic carbocycles. The maximum absolute atomic E-state index is 13.1. The molecule has 136 valence electrons. The molecule has 3 rings (SSSR count). The van der Waals surface area contributed by atoms with Crippen molar-refractivity contribution in [3.8, 4) is 45.6 Å². The minimum atomic E-state index is -0.320. The lowest BCUT2D eigenvalue weighted by Gasteiger charge is -2.17. The van der Waals surface area contributed by atoms with E-state index in [0.717, 1.165) is 0 Å². The van der Waals surface area contributed by atoms with E-state index in [-0.39, 0.29) is 5.82 Å². The molecule has 0 spiro atoms. The van der Waals surface area contributed by atoms with Crippen molar-refractivity contribution in [2.24, 2.45) is 0 Å². The van der Waals surface area contributed by atoms with Crippen LogP contribution >= 0.6 is 0 Å². The zero-order valence-electron chi connectivity index (χ0n) is 14.8. The molecule has 0 saturated heterocycles. The van der Waals surface area contributed by atoms with Gasteiger partial charge in [-0.15, -0.1) is 0 Å². The highest BCUT2D eigenvalue weighted by molar-refractivity contribution is 5.79. The molecule has 1 heterocycles. The predicted octanol–water partition coefficient (Wildman–Crippen LogP) is 4.18. The van der Waals surface area contributed by atoms with Crippen LogP contribution in [-0.2, 0) is 0 Å². The van der Waals surface area contributed by atoms with Crippen LogP contribution in [0.4, 0.5) is 4.39 Å². The Labute approximate surface area is 150 Å². The SMILES string of the molecule is COc1cc(-c2cc(-c3ccc(F)cc3)on2)c(OC)c(OC)c1OC. The van der Waals surface area contributed by atoms with Crippen molar-refractivity contribution >= 4 is 0 Å². The average Bonchev–Trinajstić information content (AvgIpc) is 3.16. The summed E-state index contributed by atoms with van der Waals surface area (Å²) in [5.41, 5.74) is 1.83. The van der Waals surface area contributed by atoms with Crippen molar-refractivity contribution in [2.45, 2.75) is 0 Å². The van der Waals surface area contributed by atoms with E-state index in [0.29, 0.717) is 45.6 Å². The molecule has 7 heteroatoms. The minimum absolute atomic E-state index is 0.320. The molecule has 6 nitrogen and oxygen atoms in total. The van der Waals surface area contributed by atoms with E-state index < -0.39 is 0 Å². The fourth-order valence-corrected chi connectivity index (χ4v) is 2.68. The fourth-order valence-electron chi connectivity index (χ4n) is 2.68. The van der Waals surface area contributed by atoms with Crippen LogP contribution in [0, 0.1) is 5.82 Å². The number of benzene rings is 2. The van der Waals surface area contributed by atoms with Gasteiger partial charge in [0.05, 0.1) is 34.0 Å². The van der Waals surface area contributed by atoms with Gasteiger partial charge in [0.2, 0.25) is 11.5 Å². The normalized spacial score (nSPS) is 10.5. The Balaban J connectivity index is 2.13. The summed E-state index contributed by atoms with van der Waals surface area (Å²) in [5.74, 6) is 1.87. The summed E-state index contributed by atoms with van der Waals surface area (Å²) in [6.45, 7) is 0. The van der Waals surface area contributed by atoms with Crippen molar-refractivity contribution in [1.82, 2.24) is 5.16 Å². The Bertz CT molecular complexity index is 905. The lowest BCUT2D eigenvalue weighted by Crippen LogP contribution is -1.99. The molecule has 0 amide bonds. The van der Waals surface area contributed by atoms with Crippen LogP contribution in [0.5, 0.6) is 23.0 Å². The van der Waals surface area contributed by atoms with Gasteiger partial charge in [0, 0.05) is 11.6 Å². The summed E-state index contributed by atoms with van der Waals surface area (Å²) >= 11 is 0. The molecule has 0 aliphatic rings. The largest absolute Gasteiger partial charge is 0.493 e. The topological polar surface area (TPSA) is 63.0 Å². The first-order valence-electron chi connectivity index (χ1n) is 7.72. The molecular weight excluding hydrogens is 341 g/mol. The molecule has 0 atom stereocenters. The lowest BCUT2D eigenvalue weighted by atomic mass is 10.1. The van der Waals surface area contributed by atoms with E-state index in [2.05, 4.69) is 5.16 Å². The number of hydrogen-bond acceptors (Lipinski definition) is 6. The second-order valence-electron chi connectivity index (χ2n) is 5.31. The number of methoxy groups -OCH3 is 4. The second-order valence-corrected chi connectivity index (χ2v) is 5.31. The third-order valence-electron chi connectivity index (χ3n) is 3.90. The van der Waals surface area contributed by atoms with E-state index in [4.69, 9.17) is 23.5 Å². The highest BCUT2D eigenvalue weighted by Crippen LogP contribution is 2.50. The molecule has 0 fully saturated rings. The molecule has 0 N–H and O–H groups in total. The number of nitrogens with zero attached hydrogens (tertiary/aromatic N) is 1. The Hall–Kier alpha value is -3.22. The summed E-state index contributed by atoms with van der Waals surface area (Å²) in [6, 6.07) is 9.41. The van der Waals surface area contributed by atoms with E-state index in [1.54, 1.807) is 24.3 Å². The Morgan fingerprint density at radius 1 is 0.808 bits per heavy atom. The average molecular weight is 359 g/mol. The maximum atomic E-state index is 13.1. The van der Waals surface area contributed by atoms with Crippen LogP contribution in [-0.4, -0.2) is 33.6 Å². The minimum Gasteiger partial charge on any atom is -0.493 e. The molecule has 0 radical (unpaired) electrons. The van der Waals surface area contributed by atoms with Gasteiger partial charge in [-0.2, -0.15) is 0 Å². The van der Waals surface area contributed by atoms with Crippen LogP contribution in [0.15, 0.2) is 40.9 Å². The van der Waals surface area contributed by atoms with Crippen LogP contribution < -0.4 is 18.9 Å². The van der Waals surface area contributed by atoms with Crippen LogP contribution in [0.1, 0.15) is 0 Å². The lowest BCUT2D eigenvalue weighted by molar-refractivity contribution is 0.306. The van der Waals surface area contributed by atoms with E-state index in [1.807, 2.05) is 0 Å². The molecule has 1 aromatic heterocycles. The van der Waals surface area contributed by atoms with E-state index in [9.17, 15) is 4.39 Å². The van der Waals surface area contributed by atoms with Gasteiger partial charge in [0.25, 0.3) is 0 Å². The van der Waals surface area contributed by atoms with E-state index in [1.165, 1.54) is 40.6 Å². The quantitative estimate of drug-likeness (QED) is 0.658. The highest BCUT2D eigenvalue weighted by Gasteiger charge is 2.24. The highest BCUT2D eigenvalue weighted by atomic mass is 19.1. The Morgan fingerprint density at radius 3 is 2.04 bits per heavy atom. The zero-order valence-corrected chi connectivity index (χ0v) is 14.8. The smallest absolute Gasteiger partial charge is 0.207 e. The van der Waals surface area contributed by atoms with Crippen molar-refractivity contribution in [2.75, 3.05) is 28.4 Å². The predicted molar refractivity (Wildman–Crippen MR) is 93.5 cm³/mol. The summed E-state index contributed by atoms with van der Waals surface area (Å²) in [6.07, 6.45) is 0. The molecule has 3 aromatic rings. The third kappa shape index (κ3) is 3.03. The Morgan fingerprint density at radius 2 is 1.46 bits per heavy atom. The molecule has 0 aliphatic heterocycles. The number of aromatic nitrogens is 1. The first-order chi connectivity index (χ1) is 12.6. The van der Waals surface area contributed by atoms with Gasteiger partial charge >= 0.3 is 0 Å². The van der Waals surface area contributed by atoms with Crippen LogP contribution in [0.3, 0.4) is 0 Å². The first kappa shape index (κ1) is 17.6. The second kappa shape index (κ2) is 7.35. The van der Waals surface area contributed by atoms with Crippen molar-refractivity contribution < 1.29 is 27.9 Å². The summed E-state index contributed by atoms with van der Waals surface area (Å²) in [7, 11) is 6.08. The van der Waals surface area contributed by atoms with E-state index >= 15 is 0 Å². The third-order valence-corrected chi connectivity index (χ3v) is 3.90. The zero-order chi connectivity index (χ0) is 18.7. The van der Waals surface area contributed by atoms with Crippen LogP contribution in [0.2, 0.25) is 0 Å². The first-order valence-corrected chi connectivity index (χ1v) is 7.72. The van der Waals surface area contributed by atoms with Gasteiger partial charge < -0.3 is 23.5 Å². The molecule has 0 saturated carbocycles. The standard InChI is InChI=1S/C19H18FNO5/c1-22-16-9-13(17(23-2)19(25-4)18(16)24-3)14-10-15(26-21-14)11-5-7-12(20)8-6-11/h5-10H,1-4H3. The van der Waals surface area contributed by atoms with Gasteiger partial charge in [0.15, 0.2) is 17.3 Å². The van der Waals surface area contributed by atoms with Gasteiger partial charge in [0.1, 0.15) is 11.5 Å². The molecule has 2 aromatic carbocycles. The molecule has 26 heavy (non-hydrogen) atoms. The van der Waals surface area contributed by atoms with Gasteiger partial charge in [-0.25, -0.2) is 4.39 Å². The monoisotopic (exact) mass is 359 g/mol. The number of ether oxygens (including phenoxy) is 4. The van der Waals surface area contributed by atoms with Crippen molar-refractivity contribution in [3.63, 3.8) is 0 Å². The Kier molecular flexibility index (Phi) is 4.97. The molecule has 0 bridgehead atoms. The van der Waals surface area contributed by atoms with Crippen molar-refractivity contribution in [1.29, 1.82) is 0 Å². The summed E-state index contributed by atoms with van der Waals surface area (Å²) < 4.78 is 40.2. The van der Waals surface area contributed by atoms with Crippen molar-refractivity contribution in [3.05, 3.63) is 42.2 Å². The molecule has 0 unspecified atom stereocenters.